The number of carbonyl (C=O) groups is 1. The molecule has 0 saturated carbocycles. The Bertz CT molecular complexity index is 1260. The Labute approximate surface area is 195 Å². The molecule has 1 N–H and O–H groups in total. The maximum absolute atomic E-state index is 12.3. The van der Waals surface area contributed by atoms with Crippen LogP contribution in [0.5, 0.6) is 11.5 Å². The molecule has 1 aromatic heterocycles. The summed E-state index contributed by atoms with van der Waals surface area (Å²) in [6.45, 7) is 1.01. The number of aromatic nitrogens is 2. The fourth-order valence-electron chi connectivity index (χ4n) is 2.51. The van der Waals surface area contributed by atoms with Crippen molar-refractivity contribution < 1.29 is 22.7 Å². The summed E-state index contributed by atoms with van der Waals surface area (Å²) in [5.41, 5.74) is 0.452. The van der Waals surface area contributed by atoms with Gasteiger partial charge >= 0.3 is 0 Å². The van der Waals surface area contributed by atoms with Crippen LogP contribution in [0.15, 0.2) is 65.3 Å². The van der Waals surface area contributed by atoms with Crippen LogP contribution in [0.4, 0.5) is 5.13 Å². The first-order chi connectivity index (χ1) is 15.8. The van der Waals surface area contributed by atoms with Gasteiger partial charge in [-0.3, -0.25) is 10.1 Å². The molecule has 0 spiro atoms. The molecule has 1 amide bonds. The summed E-state index contributed by atoms with van der Waals surface area (Å²) < 4.78 is 37.8. The van der Waals surface area contributed by atoms with E-state index in [9.17, 15) is 18.5 Å². The molecule has 1 heterocycles. The SMILES string of the molecule is CS(=O)(=O)c1nsc(NC(=O)/C(C#N)=C\c2ccc(OCCCOc3ccccc3)cc2)n1. The molecule has 11 heteroatoms. The van der Waals surface area contributed by atoms with Gasteiger partial charge in [0.2, 0.25) is 15.0 Å². The highest BCUT2D eigenvalue weighted by atomic mass is 32.2. The second kappa shape index (κ2) is 11.2. The second-order valence-electron chi connectivity index (χ2n) is 6.71. The minimum Gasteiger partial charge on any atom is -0.493 e. The van der Waals surface area contributed by atoms with Gasteiger partial charge in [-0.2, -0.15) is 14.6 Å². The summed E-state index contributed by atoms with van der Waals surface area (Å²) in [7, 11) is -3.58. The highest BCUT2D eigenvalue weighted by Gasteiger charge is 2.17. The van der Waals surface area contributed by atoms with Gasteiger partial charge in [-0.05, 0) is 35.9 Å². The molecular weight excluding hydrogens is 464 g/mol. The van der Waals surface area contributed by atoms with E-state index in [2.05, 4.69) is 14.7 Å². The van der Waals surface area contributed by atoms with Gasteiger partial charge in [0, 0.05) is 24.2 Å². The van der Waals surface area contributed by atoms with Gasteiger partial charge in [0.25, 0.3) is 11.1 Å². The van der Waals surface area contributed by atoms with Gasteiger partial charge in [-0.15, -0.1) is 0 Å². The number of carbonyl (C=O) groups excluding carboxylic acids is 1. The predicted octanol–water partition coefficient (Wildman–Crippen LogP) is 3.34. The number of benzene rings is 2. The fourth-order valence-corrected chi connectivity index (χ4v) is 3.95. The van der Waals surface area contributed by atoms with Gasteiger partial charge in [-0.25, -0.2) is 8.42 Å². The van der Waals surface area contributed by atoms with E-state index in [1.54, 1.807) is 24.3 Å². The maximum Gasteiger partial charge on any atom is 0.268 e. The first kappa shape index (κ1) is 23.9. The average Bonchev–Trinajstić information content (AvgIpc) is 3.28. The Morgan fingerprint density at radius 3 is 2.30 bits per heavy atom. The molecule has 3 rings (SSSR count). The summed E-state index contributed by atoms with van der Waals surface area (Å²) in [6, 6.07) is 18.3. The lowest BCUT2D eigenvalue weighted by atomic mass is 10.1. The average molecular weight is 485 g/mol. The molecule has 9 nitrogen and oxygen atoms in total. The van der Waals surface area contributed by atoms with Crippen molar-refractivity contribution in [3.05, 3.63) is 65.7 Å². The fraction of sp³-hybridized carbons (Fsp3) is 0.182. The molecule has 0 radical (unpaired) electrons. The third-order valence-corrected chi connectivity index (χ3v) is 5.68. The van der Waals surface area contributed by atoms with E-state index in [4.69, 9.17) is 9.47 Å². The molecule has 0 unspecified atom stereocenters. The molecule has 0 bridgehead atoms. The standard InChI is InChI=1S/C22H20N4O5S2/c1-33(28,29)22-25-21(32-26-22)24-20(27)17(15-23)14-16-8-10-19(11-9-16)31-13-5-12-30-18-6-3-2-4-7-18/h2-4,6-11,14H,5,12-13H2,1H3,(H,24,25,26,27)/b17-14-. The van der Waals surface area contributed by atoms with Crippen molar-refractivity contribution in [1.29, 1.82) is 5.26 Å². The number of nitrogens with zero attached hydrogens (tertiary/aromatic N) is 3. The van der Waals surface area contributed by atoms with Crippen molar-refractivity contribution in [1.82, 2.24) is 9.36 Å². The normalized spacial score (nSPS) is 11.5. The van der Waals surface area contributed by atoms with Crippen LogP contribution in [0.3, 0.4) is 0 Å². The lowest BCUT2D eigenvalue weighted by Crippen LogP contribution is -2.13. The van der Waals surface area contributed by atoms with Gasteiger partial charge in [0.15, 0.2) is 0 Å². The van der Waals surface area contributed by atoms with Crippen LogP contribution in [-0.2, 0) is 14.6 Å². The number of nitrogens with one attached hydrogen (secondary N) is 1. The molecule has 0 saturated heterocycles. The molecule has 33 heavy (non-hydrogen) atoms. The van der Waals surface area contributed by atoms with E-state index in [1.807, 2.05) is 36.4 Å². The Hall–Kier alpha value is -3.75. The maximum atomic E-state index is 12.3. The molecular formula is C22H20N4O5S2. The molecule has 0 aliphatic carbocycles. The lowest BCUT2D eigenvalue weighted by molar-refractivity contribution is -0.112. The van der Waals surface area contributed by atoms with E-state index in [-0.39, 0.29) is 15.9 Å². The van der Waals surface area contributed by atoms with Gasteiger partial charge in [0.1, 0.15) is 23.1 Å². The third kappa shape index (κ3) is 7.41. The number of amides is 1. The minimum atomic E-state index is -3.58. The summed E-state index contributed by atoms with van der Waals surface area (Å²) >= 11 is 0.716. The number of anilines is 1. The van der Waals surface area contributed by atoms with Crippen molar-refractivity contribution in [3.63, 3.8) is 0 Å². The summed E-state index contributed by atoms with van der Waals surface area (Å²) in [6.07, 6.45) is 3.08. The van der Waals surface area contributed by atoms with Gasteiger partial charge in [0.05, 0.1) is 13.2 Å². The van der Waals surface area contributed by atoms with Gasteiger partial charge in [-0.1, -0.05) is 30.3 Å². The quantitative estimate of drug-likeness (QED) is 0.263. The third-order valence-electron chi connectivity index (χ3n) is 4.09. The van der Waals surface area contributed by atoms with Crippen LogP contribution >= 0.6 is 11.5 Å². The van der Waals surface area contributed by atoms with Gasteiger partial charge < -0.3 is 9.47 Å². The highest BCUT2D eigenvalue weighted by molar-refractivity contribution is 7.90. The number of nitriles is 1. The van der Waals surface area contributed by atoms with E-state index < -0.39 is 15.7 Å². The summed E-state index contributed by atoms with van der Waals surface area (Å²) in [5.74, 6) is 0.748. The van der Waals surface area contributed by atoms with Crippen LogP contribution in [-0.4, -0.2) is 43.2 Å². The number of ether oxygens (including phenoxy) is 2. The van der Waals surface area contributed by atoms with E-state index >= 15 is 0 Å². The number of rotatable bonds is 10. The molecule has 0 fully saturated rings. The molecule has 0 aliphatic heterocycles. The smallest absolute Gasteiger partial charge is 0.268 e. The first-order valence-electron chi connectivity index (χ1n) is 9.73. The second-order valence-corrected chi connectivity index (χ2v) is 9.37. The van der Waals surface area contributed by atoms with Crippen molar-refractivity contribution >= 4 is 38.5 Å². The minimum absolute atomic E-state index is 0.0124. The molecule has 0 aliphatic rings. The van der Waals surface area contributed by atoms with Crippen molar-refractivity contribution in [3.8, 4) is 17.6 Å². The number of hydrogen-bond acceptors (Lipinski definition) is 9. The highest BCUT2D eigenvalue weighted by Crippen LogP contribution is 2.18. The van der Waals surface area contributed by atoms with Crippen LogP contribution in [0.25, 0.3) is 6.08 Å². The van der Waals surface area contributed by atoms with Crippen LogP contribution in [0.1, 0.15) is 12.0 Å². The Morgan fingerprint density at radius 1 is 1.09 bits per heavy atom. The topological polar surface area (TPSA) is 131 Å². The van der Waals surface area contributed by atoms with Crippen LogP contribution < -0.4 is 14.8 Å². The largest absolute Gasteiger partial charge is 0.493 e. The first-order valence-corrected chi connectivity index (χ1v) is 12.4. The Balaban J connectivity index is 1.51. The van der Waals surface area contributed by atoms with Crippen molar-refractivity contribution in [2.45, 2.75) is 11.6 Å². The van der Waals surface area contributed by atoms with E-state index in [1.165, 1.54) is 6.08 Å². The van der Waals surface area contributed by atoms with Crippen LogP contribution in [0.2, 0.25) is 0 Å². The molecule has 0 atom stereocenters. The Morgan fingerprint density at radius 2 is 1.73 bits per heavy atom. The zero-order valence-corrected chi connectivity index (χ0v) is 19.2. The molecule has 2 aromatic carbocycles. The number of hydrogen-bond donors (Lipinski definition) is 1. The van der Waals surface area contributed by atoms with Crippen molar-refractivity contribution in [2.75, 3.05) is 24.8 Å². The number of sulfone groups is 1. The number of para-hydroxylation sites is 1. The van der Waals surface area contributed by atoms with E-state index in [0.717, 1.165) is 12.0 Å². The summed E-state index contributed by atoms with van der Waals surface area (Å²) in [4.78, 5) is 16.1. The summed E-state index contributed by atoms with van der Waals surface area (Å²) in [5, 5.41) is 11.3. The van der Waals surface area contributed by atoms with E-state index in [0.29, 0.717) is 42.5 Å². The van der Waals surface area contributed by atoms with Crippen molar-refractivity contribution in [2.24, 2.45) is 0 Å². The van der Waals surface area contributed by atoms with Crippen LogP contribution in [0, 0.1) is 11.3 Å². The predicted molar refractivity (Wildman–Crippen MR) is 124 cm³/mol. The zero-order valence-electron chi connectivity index (χ0n) is 17.6. The Kier molecular flexibility index (Phi) is 8.12. The monoisotopic (exact) mass is 484 g/mol. The zero-order chi connectivity index (χ0) is 23.7. The molecule has 3 aromatic rings. The molecule has 170 valence electrons. The lowest BCUT2D eigenvalue weighted by Gasteiger charge is -2.08.